The molecule has 0 spiro atoms. The molecular weight excluding hydrogens is 337 g/mol. The van der Waals surface area contributed by atoms with Crippen molar-refractivity contribution in [2.75, 3.05) is 32.1 Å². The molecule has 0 aliphatic carbocycles. The van der Waals surface area contributed by atoms with Crippen LogP contribution < -0.4 is 5.32 Å². The maximum absolute atomic E-state index is 12.5. The predicted molar refractivity (Wildman–Crippen MR) is 83.8 cm³/mol. The molecule has 0 unspecified atom stereocenters. The van der Waals surface area contributed by atoms with Crippen LogP contribution in [0.5, 0.6) is 0 Å². The van der Waals surface area contributed by atoms with Crippen LogP contribution >= 0.6 is 0 Å². The lowest BCUT2D eigenvalue weighted by molar-refractivity contribution is -0.141. The van der Waals surface area contributed by atoms with Crippen LogP contribution in [-0.4, -0.2) is 57.5 Å². The summed E-state index contributed by atoms with van der Waals surface area (Å²) in [5.74, 6) is 0.272. The number of rotatable bonds is 4. The summed E-state index contributed by atoms with van der Waals surface area (Å²) in [5, 5.41) is 9.80. The molecule has 7 nitrogen and oxygen atoms in total. The van der Waals surface area contributed by atoms with Gasteiger partial charge in [-0.05, 0) is 19.2 Å². The Bertz CT molecular complexity index is 702. The van der Waals surface area contributed by atoms with Crippen LogP contribution in [-0.2, 0) is 18.0 Å². The van der Waals surface area contributed by atoms with Crippen LogP contribution in [0.2, 0.25) is 0 Å². The standard InChI is InChI=1S/C15H19F3N6O/c1-23-5-6-25-11(14(23)10-7-19-9-24(10)2)8-20-13-4-3-12(21-22-13)15(16,17)18/h3-4,7,9,11,14H,5-6,8H2,1-2H3,(H,20,22)/t11-,14-/m0/s1. The SMILES string of the molecule is CN1CCO[C@@H](CNc2ccc(C(F)(F)F)nn2)[C@@H]1c1cncn1C. The van der Waals surface area contributed by atoms with Gasteiger partial charge < -0.3 is 14.6 Å². The molecule has 2 aromatic heterocycles. The Labute approximate surface area is 142 Å². The van der Waals surface area contributed by atoms with E-state index in [1.165, 1.54) is 6.07 Å². The highest BCUT2D eigenvalue weighted by molar-refractivity contribution is 5.33. The van der Waals surface area contributed by atoms with Crippen molar-refractivity contribution >= 4 is 5.82 Å². The lowest BCUT2D eigenvalue weighted by Gasteiger charge is -2.39. The molecule has 136 valence electrons. The van der Waals surface area contributed by atoms with E-state index in [9.17, 15) is 13.2 Å². The van der Waals surface area contributed by atoms with Crippen LogP contribution in [0.3, 0.4) is 0 Å². The van der Waals surface area contributed by atoms with Gasteiger partial charge in [-0.15, -0.1) is 10.2 Å². The fraction of sp³-hybridized carbons (Fsp3) is 0.533. The number of ether oxygens (including phenoxy) is 1. The number of nitrogens with zero attached hydrogens (tertiary/aromatic N) is 5. The van der Waals surface area contributed by atoms with E-state index in [4.69, 9.17) is 4.74 Å². The molecule has 0 saturated carbocycles. The number of morpholine rings is 1. The fourth-order valence-corrected chi connectivity index (χ4v) is 2.88. The van der Waals surface area contributed by atoms with Gasteiger partial charge in [0.25, 0.3) is 0 Å². The van der Waals surface area contributed by atoms with Gasteiger partial charge in [-0.1, -0.05) is 0 Å². The summed E-state index contributed by atoms with van der Waals surface area (Å²) in [6.45, 7) is 1.75. The Morgan fingerprint density at radius 1 is 1.28 bits per heavy atom. The van der Waals surface area contributed by atoms with Gasteiger partial charge in [0.1, 0.15) is 5.82 Å². The average molecular weight is 356 g/mol. The number of aromatic nitrogens is 4. The Balaban J connectivity index is 1.69. The van der Waals surface area contributed by atoms with Gasteiger partial charge in [-0.3, -0.25) is 4.90 Å². The molecule has 1 saturated heterocycles. The minimum absolute atomic E-state index is 0.0174. The first-order valence-corrected chi connectivity index (χ1v) is 7.79. The highest BCUT2D eigenvalue weighted by atomic mass is 19.4. The van der Waals surface area contributed by atoms with Gasteiger partial charge in [0.15, 0.2) is 5.69 Å². The van der Waals surface area contributed by atoms with Gasteiger partial charge in [-0.25, -0.2) is 4.98 Å². The first-order chi connectivity index (χ1) is 11.9. The molecule has 1 N–H and O–H groups in total. The molecule has 2 atom stereocenters. The van der Waals surface area contributed by atoms with E-state index in [1.807, 2.05) is 18.7 Å². The molecule has 0 radical (unpaired) electrons. The van der Waals surface area contributed by atoms with E-state index in [2.05, 4.69) is 25.4 Å². The van der Waals surface area contributed by atoms with E-state index < -0.39 is 11.9 Å². The van der Waals surface area contributed by atoms with Gasteiger partial charge in [0.2, 0.25) is 0 Å². The number of aryl methyl sites for hydroxylation is 1. The maximum Gasteiger partial charge on any atom is 0.435 e. The fourth-order valence-electron chi connectivity index (χ4n) is 2.88. The van der Waals surface area contributed by atoms with Crippen molar-refractivity contribution in [3.05, 3.63) is 36.0 Å². The third-order valence-electron chi connectivity index (χ3n) is 4.20. The molecule has 0 amide bonds. The van der Waals surface area contributed by atoms with Crippen molar-refractivity contribution in [3.8, 4) is 0 Å². The first-order valence-electron chi connectivity index (χ1n) is 7.79. The highest BCUT2D eigenvalue weighted by Crippen LogP contribution is 2.29. The quantitative estimate of drug-likeness (QED) is 0.900. The predicted octanol–water partition coefficient (Wildman–Crippen LogP) is 1.71. The third kappa shape index (κ3) is 3.90. The Morgan fingerprint density at radius 2 is 2.08 bits per heavy atom. The first kappa shape index (κ1) is 17.6. The summed E-state index contributed by atoms with van der Waals surface area (Å²) in [6, 6.07) is 2.15. The van der Waals surface area contributed by atoms with Crippen molar-refractivity contribution in [2.24, 2.45) is 7.05 Å². The molecule has 25 heavy (non-hydrogen) atoms. The Morgan fingerprint density at radius 3 is 2.68 bits per heavy atom. The Hall–Kier alpha value is -2.20. The second-order valence-electron chi connectivity index (χ2n) is 5.95. The number of hydrogen-bond acceptors (Lipinski definition) is 6. The van der Waals surface area contributed by atoms with E-state index in [1.54, 1.807) is 12.5 Å². The van der Waals surface area contributed by atoms with E-state index in [0.29, 0.717) is 13.2 Å². The van der Waals surface area contributed by atoms with Gasteiger partial charge in [0.05, 0.1) is 30.8 Å². The van der Waals surface area contributed by atoms with Gasteiger partial charge >= 0.3 is 6.18 Å². The van der Waals surface area contributed by atoms with Gasteiger partial charge in [-0.2, -0.15) is 13.2 Å². The summed E-state index contributed by atoms with van der Waals surface area (Å²) >= 11 is 0. The van der Waals surface area contributed by atoms with Crippen LogP contribution in [0, 0.1) is 0 Å². The maximum atomic E-state index is 12.5. The summed E-state index contributed by atoms with van der Waals surface area (Å²) in [5.41, 5.74) is -0.00744. The van der Waals surface area contributed by atoms with Crippen LogP contribution in [0.15, 0.2) is 24.7 Å². The number of likely N-dealkylation sites (N-methyl/N-ethyl adjacent to an activating group) is 1. The average Bonchev–Trinajstić information content (AvgIpc) is 2.98. The zero-order valence-electron chi connectivity index (χ0n) is 13.9. The lowest BCUT2D eigenvalue weighted by atomic mass is 10.0. The topological polar surface area (TPSA) is 68.1 Å². The molecule has 3 heterocycles. The molecular formula is C15H19F3N6O. The zero-order valence-corrected chi connectivity index (χ0v) is 13.9. The van der Waals surface area contributed by atoms with Crippen molar-refractivity contribution < 1.29 is 17.9 Å². The number of hydrogen-bond donors (Lipinski definition) is 1. The van der Waals surface area contributed by atoms with E-state index >= 15 is 0 Å². The Kier molecular flexibility index (Phi) is 4.91. The monoisotopic (exact) mass is 356 g/mol. The third-order valence-corrected chi connectivity index (χ3v) is 4.20. The normalized spacial score (nSPS) is 22.1. The minimum Gasteiger partial charge on any atom is -0.373 e. The summed E-state index contributed by atoms with van der Waals surface area (Å²) in [6.07, 6.45) is -1.17. The molecule has 1 fully saturated rings. The van der Waals surface area contributed by atoms with Crippen molar-refractivity contribution in [3.63, 3.8) is 0 Å². The van der Waals surface area contributed by atoms with Crippen molar-refractivity contribution in [1.82, 2.24) is 24.6 Å². The summed E-state index contributed by atoms with van der Waals surface area (Å²) < 4.78 is 45.4. The molecule has 0 bridgehead atoms. The number of alkyl halides is 3. The van der Waals surface area contributed by atoms with Crippen molar-refractivity contribution in [1.29, 1.82) is 0 Å². The number of nitrogens with one attached hydrogen (secondary N) is 1. The number of halogens is 3. The highest BCUT2D eigenvalue weighted by Gasteiger charge is 2.34. The molecule has 3 rings (SSSR count). The summed E-state index contributed by atoms with van der Waals surface area (Å²) in [7, 11) is 3.92. The van der Waals surface area contributed by atoms with Gasteiger partial charge in [0, 0.05) is 26.3 Å². The number of anilines is 1. The van der Waals surface area contributed by atoms with Crippen LogP contribution in [0.1, 0.15) is 17.4 Å². The molecule has 1 aliphatic rings. The molecule has 10 heteroatoms. The van der Waals surface area contributed by atoms with Crippen LogP contribution in [0.25, 0.3) is 0 Å². The van der Waals surface area contributed by atoms with Crippen LogP contribution in [0.4, 0.5) is 19.0 Å². The largest absolute Gasteiger partial charge is 0.435 e. The minimum atomic E-state index is -4.49. The van der Waals surface area contributed by atoms with E-state index in [-0.39, 0.29) is 18.0 Å². The molecule has 2 aromatic rings. The smallest absolute Gasteiger partial charge is 0.373 e. The molecule has 0 aromatic carbocycles. The summed E-state index contributed by atoms with van der Waals surface area (Å²) in [4.78, 5) is 6.32. The second-order valence-corrected chi connectivity index (χ2v) is 5.95. The molecule has 1 aliphatic heterocycles. The zero-order chi connectivity index (χ0) is 18.0. The number of imidazole rings is 1. The second kappa shape index (κ2) is 6.96. The lowest BCUT2D eigenvalue weighted by Crippen LogP contribution is -2.46. The van der Waals surface area contributed by atoms with E-state index in [0.717, 1.165) is 18.3 Å². The van der Waals surface area contributed by atoms with Crippen molar-refractivity contribution in [2.45, 2.75) is 18.3 Å².